The second kappa shape index (κ2) is 4.74. The predicted molar refractivity (Wildman–Crippen MR) is 58.5 cm³/mol. The van der Waals surface area contributed by atoms with Crippen molar-refractivity contribution >= 4 is 17.3 Å². The third-order valence-corrected chi connectivity index (χ3v) is 2.62. The summed E-state index contributed by atoms with van der Waals surface area (Å²) in [7, 11) is 6.04. The lowest BCUT2D eigenvalue weighted by molar-refractivity contribution is 0.128. The van der Waals surface area contributed by atoms with Crippen molar-refractivity contribution in [1.82, 2.24) is 20.2 Å². The highest BCUT2D eigenvalue weighted by molar-refractivity contribution is 7.80. The number of piperazine rings is 1. The molecule has 0 atom stereocenters. The molecule has 0 spiro atoms. The fraction of sp³-hybridized carbons (Fsp3) is 0.875. The Hall–Kier alpha value is -0.390. The van der Waals surface area contributed by atoms with Crippen LogP contribution in [0.15, 0.2) is 0 Å². The zero-order valence-corrected chi connectivity index (χ0v) is 9.39. The SMILES string of the molecule is CN1CCN(NC(=S)N(C)C)CC1. The molecule has 0 aromatic rings. The van der Waals surface area contributed by atoms with Crippen LogP contribution >= 0.6 is 12.2 Å². The van der Waals surface area contributed by atoms with Crippen molar-refractivity contribution in [3.8, 4) is 0 Å². The lowest BCUT2D eigenvalue weighted by atomic mass is 10.4. The molecule has 4 nitrogen and oxygen atoms in total. The van der Waals surface area contributed by atoms with E-state index in [1.165, 1.54) is 0 Å². The van der Waals surface area contributed by atoms with E-state index in [0.717, 1.165) is 31.3 Å². The summed E-state index contributed by atoms with van der Waals surface area (Å²) in [5.74, 6) is 0. The van der Waals surface area contributed by atoms with Gasteiger partial charge in [0.15, 0.2) is 5.11 Å². The number of thiocarbonyl (C=S) groups is 1. The van der Waals surface area contributed by atoms with E-state index in [2.05, 4.69) is 22.4 Å². The van der Waals surface area contributed by atoms with Gasteiger partial charge in [0.2, 0.25) is 0 Å². The van der Waals surface area contributed by atoms with Crippen LogP contribution in [0.2, 0.25) is 0 Å². The van der Waals surface area contributed by atoms with Gasteiger partial charge in [-0.15, -0.1) is 0 Å². The van der Waals surface area contributed by atoms with Crippen LogP contribution in [0.5, 0.6) is 0 Å². The molecule has 1 heterocycles. The minimum atomic E-state index is 0.782. The molecule has 0 radical (unpaired) electrons. The van der Waals surface area contributed by atoms with Gasteiger partial charge in [-0.2, -0.15) is 0 Å². The third-order valence-electron chi connectivity index (χ3n) is 2.16. The topological polar surface area (TPSA) is 21.8 Å². The van der Waals surface area contributed by atoms with Crippen molar-refractivity contribution in [2.24, 2.45) is 0 Å². The van der Waals surface area contributed by atoms with Crippen molar-refractivity contribution in [3.05, 3.63) is 0 Å². The Bertz CT molecular complexity index is 175. The number of likely N-dealkylation sites (N-methyl/N-ethyl adjacent to an activating group) is 1. The summed E-state index contributed by atoms with van der Waals surface area (Å²) in [5.41, 5.74) is 3.20. The van der Waals surface area contributed by atoms with Gasteiger partial charge in [-0.1, -0.05) is 0 Å². The van der Waals surface area contributed by atoms with Crippen LogP contribution in [0.1, 0.15) is 0 Å². The monoisotopic (exact) mass is 202 g/mol. The quantitative estimate of drug-likeness (QED) is 0.582. The Morgan fingerprint density at radius 3 is 2.23 bits per heavy atom. The van der Waals surface area contributed by atoms with Gasteiger partial charge < -0.3 is 9.80 Å². The van der Waals surface area contributed by atoms with Crippen LogP contribution in [-0.4, -0.2) is 67.2 Å². The lowest BCUT2D eigenvalue weighted by Gasteiger charge is -2.34. The largest absolute Gasteiger partial charge is 0.354 e. The summed E-state index contributed by atoms with van der Waals surface area (Å²) >= 11 is 5.15. The molecule has 1 rings (SSSR count). The van der Waals surface area contributed by atoms with Gasteiger partial charge in [-0.05, 0) is 19.3 Å². The second-order valence-corrected chi connectivity index (χ2v) is 3.99. The highest BCUT2D eigenvalue weighted by atomic mass is 32.1. The first-order chi connectivity index (χ1) is 6.09. The Morgan fingerprint density at radius 2 is 1.77 bits per heavy atom. The molecule has 0 saturated carbocycles. The summed E-state index contributed by atoms with van der Waals surface area (Å²) in [6.07, 6.45) is 0. The van der Waals surface area contributed by atoms with Crippen LogP contribution in [0.3, 0.4) is 0 Å². The predicted octanol–water partition coefficient (Wildman–Crippen LogP) is -0.415. The molecule has 1 aliphatic rings. The number of nitrogens with zero attached hydrogens (tertiary/aromatic N) is 3. The molecule has 5 heteroatoms. The van der Waals surface area contributed by atoms with E-state index in [-0.39, 0.29) is 0 Å². The zero-order chi connectivity index (χ0) is 9.84. The average Bonchev–Trinajstić information content (AvgIpc) is 2.08. The van der Waals surface area contributed by atoms with E-state index < -0.39 is 0 Å². The molecule has 13 heavy (non-hydrogen) atoms. The van der Waals surface area contributed by atoms with Crippen molar-refractivity contribution in [3.63, 3.8) is 0 Å². The van der Waals surface area contributed by atoms with Crippen molar-refractivity contribution in [1.29, 1.82) is 0 Å². The maximum atomic E-state index is 5.15. The first-order valence-electron chi connectivity index (χ1n) is 4.51. The van der Waals surface area contributed by atoms with Gasteiger partial charge in [-0.25, -0.2) is 5.01 Å². The molecule has 0 unspecified atom stereocenters. The van der Waals surface area contributed by atoms with Crippen LogP contribution in [0, 0.1) is 0 Å². The van der Waals surface area contributed by atoms with E-state index in [0.29, 0.717) is 0 Å². The average molecular weight is 202 g/mol. The number of nitrogens with one attached hydrogen (secondary N) is 1. The fourth-order valence-corrected chi connectivity index (χ4v) is 1.28. The van der Waals surface area contributed by atoms with Gasteiger partial charge in [0.25, 0.3) is 0 Å². The molecule has 1 aliphatic heterocycles. The maximum Gasteiger partial charge on any atom is 0.183 e. The molecule has 0 aromatic heterocycles. The van der Waals surface area contributed by atoms with Crippen molar-refractivity contribution in [2.45, 2.75) is 0 Å². The fourth-order valence-electron chi connectivity index (χ4n) is 1.15. The minimum absolute atomic E-state index is 0.782. The van der Waals surface area contributed by atoms with Gasteiger partial charge in [0, 0.05) is 40.3 Å². The molecular formula is C8H18N4S. The molecule has 1 N–H and O–H groups in total. The number of hydrogen-bond acceptors (Lipinski definition) is 3. The molecular weight excluding hydrogens is 184 g/mol. The summed E-state index contributed by atoms with van der Waals surface area (Å²) in [6.45, 7) is 4.26. The Kier molecular flexibility index (Phi) is 3.90. The number of hydrazine groups is 1. The van der Waals surface area contributed by atoms with Crippen LogP contribution < -0.4 is 5.43 Å². The highest BCUT2D eigenvalue weighted by Gasteiger charge is 2.14. The van der Waals surface area contributed by atoms with Gasteiger partial charge in [0.1, 0.15) is 0 Å². The second-order valence-electron chi connectivity index (χ2n) is 3.60. The highest BCUT2D eigenvalue weighted by Crippen LogP contribution is 1.95. The van der Waals surface area contributed by atoms with Crippen molar-refractivity contribution in [2.75, 3.05) is 47.3 Å². The Balaban J connectivity index is 2.26. The van der Waals surface area contributed by atoms with Gasteiger partial charge in [0.05, 0.1) is 0 Å². The number of rotatable bonds is 1. The summed E-state index contributed by atoms with van der Waals surface area (Å²) in [6, 6.07) is 0. The molecule has 1 saturated heterocycles. The number of hydrogen-bond donors (Lipinski definition) is 1. The maximum absolute atomic E-state index is 5.15. The normalized spacial score (nSPS) is 19.9. The lowest BCUT2D eigenvalue weighted by Crippen LogP contribution is -2.54. The van der Waals surface area contributed by atoms with E-state index in [1.807, 2.05) is 19.0 Å². The molecule has 0 bridgehead atoms. The first-order valence-corrected chi connectivity index (χ1v) is 4.92. The van der Waals surface area contributed by atoms with E-state index >= 15 is 0 Å². The Morgan fingerprint density at radius 1 is 1.23 bits per heavy atom. The van der Waals surface area contributed by atoms with E-state index in [1.54, 1.807) is 0 Å². The minimum Gasteiger partial charge on any atom is -0.354 e. The molecule has 0 amide bonds. The standard InChI is InChI=1S/C8H18N4S/c1-10(2)8(13)9-12-6-4-11(3)5-7-12/h4-7H2,1-3H3,(H,9,13). The van der Waals surface area contributed by atoms with E-state index in [4.69, 9.17) is 12.2 Å². The van der Waals surface area contributed by atoms with E-state index in [9.17, 15) is 0 Å². The summed E-state index contributed by atoms with van der Waals surface area (Å²) in [5, 5.41) is 2.95. The first kappa shape index (κ1) is 10.7. The van der Waals surface area contributed by atoms with Crippen LogP contribution in [0.4, 0.5) is 0 Å². The molecule has 0 aliphatic carbocycles. The molecule has 0 aromatic carbocycles. The zero-order valence-electron chi connectivity index (χ0n) is 8.58. The molecule has 1 fully saturated rings. The van der Waals surface area contributed by atoms with Crippen LogP contribution in [-0.2, 0) is 0 Å². The van der Waals surface area contributed by atoms with Gasteiger partial charge in [-0.3, -0.25) is 5.43 Å². The van der Waals surface area contributed by atoms with Crippen molar-refractivity contribution < 1.29 is 0 Å². The smallest absolute Gasteiger partial charge is 0.183 e. The van der Waals surface area contributed by atoms with Crippen LogP contribution in [0.25, 0.3) is 0 Å². The third kappa shape index (κ3) is 3.46. The summed E-state index contributed by atoms with van der Waals surface area (Å²) < 4.78 is 0. The molecule has 76 valence electrons. The Labute approximate surface area is 85.4 Å². The van der Waals surface area contributed by atoms with Gasteiger partial charge >= 0.3 is 0 Å². The summed E-state index contributed by atoms with van der Waals surface area (Å²) in [4.78, 5) is 4.23.